The number of allylic oxidation sites excluding steroid dienone is 1. The first-order chi connectivity index (χ1) is 7.11. The predicted molar refractivity (Wildman–Crippen MR) is 54.6 cm³/mol. The highest BCUT2D eigenvalue weighted by atomic mass is 19.2. The number of hydrogen-bond donors (Lipinski definition) is 0. The van der Waals surface area contributed by atoms with E-state index in [1.807, 2.05) is 0 Å². The number of carbonyl (C=O) groups is 1. The molecule has 1 amide bonds. The fraction of sp³-hybridized carbons (Fsp3) is 0.727. The van der Waals surface area contributed by atoms with Crippen LogP contribution in [-0.2, 0) is 4.79 Å². The lowest BCUT2D eigenvalue weighted by atomic mass is 10.2. The molecule has 0 saturated carbocycles. The van der Waals surface area contributed by atoms with Gasteiger partial charge in [0, 0.05) is 25.9 Å². The Balaban J connectivity index is 2.42. The Labute approximate surface area is 88.9 Å². The zero-order chi connectivity index (χ0) is 11.3. The van der Waals surface area contributed by atoms with Crippen LogP contribution in [0.3, 0.4) is 0 Å². The van der Waals surface area contributed by atoms with Gasteiger partial charge in [0.25, 0.3) is 0 Å². The molecule has 1 aliphatic rings. The minimum absolute atomic E-state index is 0.00588. The zero-order valence-electron chi connectivity index (χ0n) is 9.06. The molecule has 0 spiro atoms. The van der Waals surface area contributed by atoms with Gasteiger partial charge in [-0.05, 0) is 19.8 Å². The van der Waals surface area contributed by atoms with Crippen molar-refractivity contribution >= 4 is 5.91 Å². The molecule has 0 aliphatic carbocycles. The first kappa shape index (κ1) is 12.1. The minimum atomic E-state index is -0.780. The van der Waals surface area contributed by atoms with E-state index in [4.69, 9.17) is 0 Å². The Bertz CT molecular complexity index is 259. The summed E-state index contributed by atoms with van der Waals surface area (Å²) in [6.07, 6.45) is 3.46. The molecule has 15 heavy (non-hydrogen) atoms. The summed E-state index contributed by atoms with van der Waals surface area (Å²) in [4.78, 5) is 13.1. The Morgan fingerprint density at radius 2 is 2.07 bits per heavy atom. The third-order valence-electron chi connectivity index (χ3n) is 2.65. The monoisotopic (exact) mass is 217 g/mol. The van der Waals surface area contributed by atoms with Crippen molar-refractivity contribution in [3.05, 3.63) is 11.7 Å². The van der Waals surface area contributed by atoms with Crippen LogP contribution >= 0.6 is 0 Å². The van der Waals surface area contributed by atoms with Gasteiger partial charge in [-0.2, -0.15) is 0 Å². The highest BCUT2D eigenvalue weighted by molar-refractivity contribution is 5.76. The van der Waals surface area contributed by atoms with Crippen LogP contribution < -0.4 is 0 Å². The van der Waals surface area contributed by atoms with Gasteiger partial charge in [0.05, 0.1) is 0 Å². The molecule has 2 nitrogen and oxygen atoms in total. The second-order valence-electron chi connectivity index (χ2n) is 3.88. The summed E-state index contributed by atoms with van der Waals surface area (Å²) in [5.41, 5.74) is 0. The van der Waals surface area contributed by atoms with Crippen LogP contribution in [0.5, 0.6) is 0 Å². The van der Waals surface area contributed by atoms with Crippen LogP contribution in [0.4, 0.5) is 8.78 Å². The molecule has 1 fully saturated rings. The van der Waals surface area contributed by atoms with Gasteiger partial charge in [-0.15, -0.1) is 0 Å². The molecule has 0 radical (unpaired) electrons. The quantitative estimate of drug-likeness (QED) is 0.711. The maximum atomic E-state index is 12.9. The summed E-state index contributed by atoms with van der Waals surface area (Å²) in [5.74, 6) is -1.46. The van der Waals surface area contributed by atoms with Crippen molar-refractivity contribution in [1.82, 2.24) is 4.90 Å². The molecule has 1 saturated heterocycles. The molecule has 0 N–H and O–H groups in total. The summed E-state index contributed by atoms with van der Waals surface area (Å²) in [7, 11) is 0. The van der Waals surface area contributed by atoms with Crippen molar-refractivity contribution < 1.29 is 13.6 Å². The molecule has 1 rings (SSSR count). The smallest absolute Gasteiger partial charge is 0.222 e. The highest BCUT2D eigenvalue weighted by Crippen LogP contribution is 2.15. The van der Waals surface area contributed by atoms with Gasteiger partial charge in [-0.3, -0.25) is 4.79 Å². The van der Waals surface area contributed by atoms with Crippen LogP contribution in [0.15, 0.2) is 11.7 Å². The van der Waals surface area contributed by atoms with Crippen molar-refractivity contribution in [3.63, 3.8) is 0 Å². The number of nitrogens with zero attached hydrogens (tertiary/aromatic N) is 1. The van der Waals surface area contributed by atoms with Crippen LogP contribution in [0.25, 0.3) is 0 Å². The van der Waals surface area contributed by atoms with Crippen LogP contribution in [0, 0.1) is 0 Å². The first-order valence-electron chi connectivity index (χ1n) is 5.40. The van der Waals surface area contributed by atoms with Crippen molar-refractivity contribution in [2.24, 2.45) is 0 Å². The van der Waals surface area contributed by atoms with E-state index in [1.165, 1.54) is 0 Å². The third kappa shape index (κ3) is 3.98. The van der Waals surface area contributed by atoms with E-state index in [0.29, 0.717) is 19.5 Å². The van der Waals surface area contributed by atoms with Crippen LogP contribution in [0.2, 0.25) is 0 Å². The summed E-state index contributed by atoms with van der Waals surface area (Å²) in [6.45, 7) is 2.07. The largest absolute Gasteiger partial charge is 0.342 e. The second-order valence-corrected chi connectivity index (χ2v) is 3.88. The third-order valence-corrected chi connectivity index (χ3v) is 2.65. The van der Waals surface area contributed by atoms with Gasteiger partial charge in [0.15, 0.2) is 0 Å². The average Bonchev–Trinajstić information content (AvgIpc) is 2.39. The summed E-state index contributed by atoms with van der Waals surface area (Å²) in [5, 5.41) is 0. The van der Waals surface area contributed by atoms with Gasteiger partial charge in [-0.1, -0.05) is 6.42 Å². The van der Waals surface area contributed by atoms with Crippen LogP contribution in [-0.4, -0.2) is 23.9 Å². The van der Waals surface area contributed by atoms with Gasteiger partial charge < -0.3 is 4.90 Å². The topological polar surface area (TPSA) is 20.3 Å². The normalized spacial score (nSPS) is 19.9. The minimum Gasteiger partial charge on any atom is -0.342 e. The number of carbonyl (C=O) groups excluding carboxylic acids is 1. The molecule has 1 heterocycles. The van der Waals surface area contributed by atoms with E-state index in [9.17, 15) is 13.6 Å². The fourth-order valence-corrected chi connectivity index (χ4v) is 1.68. The molecular formula is C11H17F2NO. The molecule has 0 aromatic rings. The summed E-state index contributed by atoms with van der Waals surface area (Å²) >= 11 is 0. The van der Waals surface area contributed by atoms with Crippen molar-refractivity contribution in [2.45, 2.75) is 39.0 Å². The number of halogens is 2. The summed E-state index contributed by atoms with van der Waals surface area (Å²) in [6, 6.07) is 0. The number of hydrogen-bond acceptors (Lipinski definition) is 1. The maximum Gasteiger partial charge on any atom is 0.222 e. The van der Waals surface area contributed by atoms with Gasteiger partial charge in [0.2, 0.25) is 5.91 Å². The van der Waals surface area contributed by atoms with Crippen LogP contribution in [0.1, 0.15) is 39.0 Å². The maximum absolute atomic E-state index is 12.9. The predicted octanol–water partition coefficient (Wildman–Crippen LogP) is 2.95. The lowest BCUT2D eigenvalue weighted by Crippen LogP contribution is -2.31. The average molecular weight is 217 g/mol. The molecule has 4 heteroatoms. The second kappa shape index (κ2) is 5.83. The van der Waals surface area contributed by atoms with Crippen molar-refractivity contribution in [2.75, 3.05) is 13.1 Å². The molecule has 0 atom stereocenters. The Hall–Kier alpha value is -0.930. The van der Waals surface area contributed by atoms with Crippen molar-refractivity contribution in [3.8, 4) is 0 Å². The summed E-state index contributed by atoms with van der Waals surface area (Å²) < 4.78 is 25.3. The Morgan fingerprint density at radius 1 is 1.33 bits per heavy atom. The first-order valence-corrected chi connectivity index (χ1v) is 5.40. The fourth-order valence-electron chi connectivity index (χ4n) is 1.68. The van der Waals surface area contributed by atoms with E-state index >= 15 is 0 Å². The molecule has 0 unspecified atom stereocenters. The van der Waals surface area contributed by atoms with E-state index in [-0.39, 0.29) is 12.3 Å². The molecule has 0 aromatic heterocycles. The Morgan fingerprint density at radius 3 is 2.73 bits per heavy atom. The molecule has 1 aliphatic heterocycles. The van der Waals surface area contributed by atoms with E-state index in [0.717, 1.165) is 26.2 Å². The van der Waals surface area contributed by atoms with Gasteiger partial charge >= 0.3 is 0 Å². The highest BCUT2D eigenvalue weighted by Gasteiger charge is 2.16. The number of rotatable bonds is 3. The van der Waals surface area contributed by atoms with E-state index in [2.05, 4.69) is 0 Å². The zero-order valence-corrected chi connectivity index (χ0v) is 9.06. The SMILES string of the molecule is C/C(F)=C(/F)CCN1CCCCCC1=O. The van der Waals surface area contributed by atoms with E-state index in [1.54, 1.807) is 4.90 Å². The van der Waals surface area contributed by atoms with Crippen molar-refractivity contribution in [1.29, 1.82) is 0 Å². The standard InChI is InChI=1S/C11H17F2NO/c1-9(12)10(13)6-8-14-7-4-2-3-5-11(14)15/h2-8H2,1H3/b10-9-. The van der Waals surface area contributed by atoms with Gasteiger partial charge in [0.1, 0.15) is 11.7 Å². The van der Waals surface area contributed by atoms with Gasteiger partial charge in [-0.25, -0.2) is 8.78 Å². The molecular weight excluding hydrogens is 200 g/mol. The Kier molecular flexibility index (Phi) is 4.72. The molecule has 86 valence electrons. The number of amides is 1. The number of likely N-dealkylation sites (tertiary alicyclic amines) is 1. The lowest BCUT2D eigenvalue weighted by molar-refractivity contribution is -0.130. The lowest BCUT2D eigenvalue weighted by Gasteiger charge is -2.19. The molecule has 0 bridgehead atoms. The molecule has 0 aromatic carbocycles. The van der Waals surface area contributed by atoms with E-state index < -0.39 is 11.7 Å².